The zero-order valence-corrected chi connectivity index (χ0v) is 18.0. The highest BCUT2D eigenvalue weighted by atomic mass is 16.1. The molecule has 1 fully saturated rings. The number of hydrogen-bond donors (Lipinski definition) is 1. The third-order valence-electron chi connectivity index (χ3n) is 5.84. The first-order chi connectivity index (χ1) is 14.6. The van der Waals surface area contributed by atoms with Crippen LogP contribution in [0.4, 0.5) is 5.95 Å². The number of hydrogen-bond acceptors (Lipinski definition) is 5. The molecule has 0 radical (unpaired) electrons. The lowest BCUT2D eigenvalue weighted by atomic mass is 10.0. The van der Waals surface area contributed by atoms with Gasteiger partial charge in [0.25, 0.3) is 5.56 Å². The Hall–Kier alpha value is -2.73. The Balaban J connectivity index is 1.69. The van der Waals surface area contributed by atoms with Gasteiger partial charge >= 0.3 is 0 Å². The van der Waals surface area contributed by atoms with E-state index in [0.717, 1.165) is 54.5 Å². The van der Waals surface area contributed by atoms with Crippen LogP contribution in [0.1, 0.15) is 49.3 Å². The van der Waals surface area contributed by atoms with Crippen molar-refractivity contribution in [3.8, 4) is 0 Å². The van der Waals surface area contributed by atoms with Crippen LogP contribution < -0.4 is 10.9 Å². The standard InChI is InChI=1S/C24H31N5O/c1-28(2)14-8-13-25-24-26-17-20-16-19(15-18-9-4-3-5-10-18)23(30)29(22(20)27-24)21-11-6-7-12-21/h3-5,9-10,16-17,21H,6-8,11-15H2,1-2H3,(H,25,26,27). The zero-order chi connectivity index (χ0) is 20.9. The van der Waals surface area contributed by atoms with Crippen molar-refractivity contribution < 1.29 is 0 Å². The summed E-state index contributed by atoms with van der Waals surface area (Å²) in [7, 11) is 4.14. The van der Waals surface area contributed by atoms with Crippen molar-refractivity contribution in [3.63, 3.8) is 0 Å². The van der Waals surface area contributed by atoms with Crippen LogP contribution in [0.3, 0.4) is 0 Å². The van der Waals surface area contributed by atoms with Gasteiger partial charge in [-0.3, -0.25) is 9.36 Å². The van der Waals surface area contributed by atoms with E-state index in [4.69, 9.17) is 4.98 Å². The molecule has 158 valence electrons. The minimum absolute atomic E-state index is 0.0931. The second kappa shape index (κ2) is 9.39. The van der Waals surface area contributed by atoms with Crippen molar-refractivity contribution in [2.24, 2.45) is 0 Å². The Bertz CT molecular complexity index is 1040. The monoisotopic (exact) mass is 405 g/mol. The van der Waals surface area contributed by atoms with E-state index in [9.17, 15) is 4.79 Å². The maximum Gasteiger partial charge on any atom is 0.256 e. The zero-order valence-electron chi connectivity index (χ0n) is 18.0. The number of nitrogens with one attached hydrogen (secondary N) is 1. The molecule has 1 saturated carbocycles. The van der Waals surface area contributed by atoms with E-state index in [-0.39, 0.29) is 11.6 Å². The van der Waals surface area contributed by atoms with E-state index in [1.165, 1.54) is 12.8 Å². The van der Waals surface area contributed by atoms with Gasteiger partial charge in [-0.1, -0.05) is 43.2 Å². The molecular formula is C24H31N5O. The molecule has 4 rings (SSSR count). The molecule has 6 heteroatoms. The van der Waals surface area contributed by atoms with E-state index in [2.05, 4.69) is 41.4 Å². The van der Waals surface area contributed by atoms with Gasteiger partial charge in [-0.25, -0.2) is 4.98 Å². The molecular weight excluding hydrogens is 374 g/mol. The fourth-order valence-corrected chi connectivity index (χ4v) is 4.30. The van der Waals surface area contributed by atoms with Crippen LogP contribution >= 0.6 is 0 Å². The first-order valence-electron chi connectivity index (χ1n) is 11.0. The van der Waals surface area contributed by atoms with Crippen molar-refractivity contribution in [3.05, 3.63) is 64.1 Å². The van der Waals surface area contributed by atoms with Gasteiger partial charge in [0.05, 0.1) is 0 Å². The van der Waals surface area contributed by atoms with Crippen LogP contribution in [0, 0.1) is 0 Å². The molecule has 30 heavy (non-hydrogen) atoms. The van der Waals surface area contributed by atoms with Crippen LogP contribution in [0.2, 0.25) is 0 Å². The highest BCUT2D eigenvalue weighted by molar-refractivity contribution is 5.76. The SMILES string of the molecule is CN(C)CCCNc1ncc2cc(Cc3ccccc3)c(=O)n(C3CCCC3)c2n1. The summed E-state index contributed by atoms with van der Waals surface area (Å²) in [5, 5.41) is 4.26. The van der Waals surface area contributed by atoms with Crippen LogP contribution in [-0.2, 0) is 6.42 Å². The molecule has 1 aromatic carbocycles. The molecule has 3 aromatic rings. The van der Waals surface area contributed by atoms with Crippen LogP contribution in [0.5, 0.6) is 0 Å². The second-order valence-electron chi connectivity index (χ2n) is 8.50. The van der Waals surface area contributed by atoms with Gasteiger partial charge in [0.15, 0.2) is 0 Å². The Morgan fingerprint density at radius 1 is 1.17 bits per heavy atom. The predicted octanol–water partition coefficient (Wildman–Crippen LogP) is 3.86. The fourth-order valence-electron chi connectivity index (χ4n) is 4.30. The number of aromatic nitrogens is 3. The molecule has 0 spiro atoms. The van der Waals surface area contributed by atoms with E-state index < -0.39 is 0 Å². The number of rotatable bonds is 8. The van der Waals surface area contributed by atoms with Gasteiger partial charge in [0.1, 0.15) is 5.65 Å². The van der Waals surface area contributed by atoms with Crippen LogP contribution in [0.25, 0.3) is 11.0 Å². The molecule has 2 heterocycles. The Morgan fingerprint density at radius 3 is 2.67 bits per heavy atom. The Morgan fingerprint density at radius 2 is 1.93 bits per heavy atom. The Kier molecular flexibility index (Phi) is 6.43. The van der Waals surface area contributed by atoms with Gasteiger partial charge < -0.3 is 10.2 Å². The summed E-state index contributed by atoms with van der Waals surface area (Å²) in [6.07, 6.45) is 7.92. The molecule has 0 bridgehead atoms. The number of nitrogens with zero attached hydrogens (tertiary/aromatic N) is 4. The number of benzene rings is 1. The van der Waals surface area contributed by atoms with Gasteiger partial charge in [-0.05, 0) is 51.5 Å². The number of pyridine rings is 1. The molecule has 1 aliphatic rings. The van der Waals surface area contributed by atoms with E-state index in [0.29, 0.717) is 12.4 Å². The first kappa shape index (κ1) is 20.5. The molecule has 2 aromatic heterocycles. The van der Waals surface area contributed by atoms with Gasteiger partial charge in [-0.2, -0.15) is 4.98 Å². The van der Waals surface area contributed by atoms with Crippen molar-refractivity contribution in [2.75, 3.05) is 32.5 Å². The summed E-state index contributed by atoms with van der Waals surface area (Å²) in [6.45, 7) is 1.82. The smallest absolute Gasteiger partial charge is 0.256 e. The first-order valence-corrected chi connectivity index (χ1v) is 11.0. The summed E-state index contributed by atoms with van der Waals surface area (Å²) in [5.74, 6) is 0.600. The molecule has 6 nitrogen and oxygen atoms in total. The molecule has 0 amide bonds. The third kappa shape index (κ3) is 4.70. The molecule has 0 aliphatic heterocycles. The average Bonchev–Trinajstić information content (AvgIpc) is 3.27. The number of fused-ring (bicyclic) bond motifs is 1. The third-order valence-corrected chi connectivity index (χ3v) is 5.84. The van der Waals surface area contributed by atoms with E-state index in [1.54, 1.807) is 0 Å². The lowest BCUT2D eigenvalue weighted by Crippen LogP contribution is -2.28. The largest absolute Gasteiger partial charge is 0.354 e. The molecule has 0 unspecified atom stereocenters. The minimum atomic E-state index is 0.0931. The van der Waals surface area contributed by atoms with Crippen molar-refractivity contribution >= 4 is 17.0 Å². The summed E-state index contributed by atoms with van der Waals surface area (Å²) in [5.41, 5.74) is 2.81. The van der Waals surface area contributed by atoms with Crippen LogP contribution in [-0.4, -0.2) is 46.6 Å². The quantitative estimate of drug-likeness (QED) is 0.577. The van der Waals surface area contributed by atoms with Crippen molar-refractivity contribution in [2.45, 2.75) is 44.6 Å². The van der Waals surface area contributed by atoms with E-state index in [1.807, 2.05) is 35.0 Å². The normalized spacial score (nSPS) is 14.6. The maximum atomic E-state index is 13.5. The lowest BCUT2D eigenvalue weighted by molar-refractivity contribution is 0.405. The minimum Gasteiger partial charge on any atom is -0.354 e. The lowest BCUT2D eigenvalue weighted by Gasteiger charge is -2.18. The molecule has 1 aliphatic carbocycles. The summed E-state index contributed by atoms with van der Waals surface area (Å²) < 4.78 is 1.95. The topological polar surface area (TPSA) is 63.1 Å². The summed E-state index contributed by atoms with van der Waals surface area (Å²) >= 11 is 0. The summed E-state index contributed by atoms with van der Waals surface area (Å²) in [4.78, 5) is 24.9. The van der Waals surface area contributed by atoms with Gasteiger partial charge in [-0.15, -0.1) is 0 Å². The summed E-state index contributed by atoms with van der Waals surface area (Å²) in [6, 6.07) is 12.4. The highest BCUT2D eigenvalue weighted by Gasteiger charge is 2.22. The van der Waals surface area contributed by atoms with E-state index >= 15 is 0 Å². The van der Waals surface area contributed by atoms with Crippen LogP contribution in [0.15, 0.2) is 47.4 Å². The van der Waals surface area contributed by atoms with Crippen molar-refractivity contribution in [1.29, 1.82) is 0 Å². The average molecular weight is 406 g/mol. The second-order valence-corrected chi connectivity index (χ2v) is 8.50. The number of anilines is 1. The highest BCUT2D eigenvalue weighted by Crippen LogP contribution is 2.31. The van der Waals surface area contributed by atoms with Crippen molar-refractivity contribution in [1.82, 2.24) is 19.4 Å². The maximum absolute atomic E-state index is 13.5. The molecule has 0 atom stereocenters. The molecule has 1 N–H and O–H groups in total. The van der Waals surface area contributed by atoms with Gasteiger partial charge in [0.2, 0.25) is 5.95 Å². The molecule has 0 saturated heterocycles. The van der Waals surface area contributed by atoms with Gasteiger partial charge in [0, 0.05) is 36.2 Å². The fraction of sp³-hybridized carbons (Fsp3) is 0.458. The Labute approximate surface area is 178 Å². The predicted molar refractivity (Wildman–Crippen MR) is 122 cm³/mol.